The Hall–Kier alpha value is -3.10. The molecule has 0 heterocycles. The fourth-order valence-corrected chi connectivity index (χ4v) is 2.98. The molecule has 1 aromatic carbocycles. The minimum Gasteiger partial charge on any atom is -0.465 e. The number of carbonyl (C=O) groups is 4. The lowest BCUT2D eigenvalue weighted by molar-refractivity contribution is -0.157. The van der Waals surface area contributed by atoms with E-state index in [1.807, 2.05) is 18.2 Å². The van der Waals surface area contributed by atoms with Crippen molar-refractivity contribution < 1.29 is 33.4 Å². The van der Waals surface area contributed by atoms with Gasteiger partial charge in [0.2, 0.25) is 5.91 Å². The minimum atomic E-state index is -1.23. The van der Waals surface area contributed by atoms with Gasteiger partial charge in [0.05, 0.1) is 13.0 Å². The Labute approximate surface area is 188 Å². The first-order valence-electron chi connectivity index (χ1n) is 10.7. The molecular weight excluding hydrogens is 416 g/mol. The molecule has 0 spiro atoms. The molecule has 9 heteroatoms. The highest BCUT2D eigenvalue weighted by atomic mass is 16.6. The minimum absolute atomic E-state index is 0.00911. The van der Waals surface area contributed by atoms with Gasteiger partial charge >= 0.3 is 18.0 Å². The van der Waals surface area contributed by atoms with Crippen molar-refractivity contribution in [1.29, 1.82) is 0 Å². The summed E-state index contributed by atoms with van der Waals surface area (Å²) in [6.07, 6.45) is 0.247. The van der Waals surface area contributed by atoms with Crippen molar-refractivity contribution in [3.63, 3.8) is 0 Å². The molecule has 1 saturated carbocycles. The molecule has 0 saturated heterocycles. The van der Waals surface area contributed by atoms with Gasteiger partial charge in [-0.3, -0.25) is 14.4 Å². The summed E-state index contributed by atoms with van der Waals surface area (Å²) in [5.74, 6) is -1.75. The molecule has 0 radical (unpaired) electrons. The van der Waals surface area contributed by atoms with Crippen LogP contribution in [0.2, 0.25) is 0 Å². The predicted molar refractivity (Wildman–Crippen MR) is 115 cm³/mol. The molecule has 1 N–H and O–H groups in total. The molecule has 1 aliphatic rings. The molecule has 2 rings (SSSR count). The van der Waals surface area contributed by atoms with E-state index in [1.165, 1.54) is 4.90 Å². The van der Waals surface area contributed by atoms with Crippen molar-refractivity contribution in [2.75, 3.05) is 13.2 Å². The molecule has 1 fully saturated rings. The SMILES string of the molecule is CCOC(=O)CN(C(=O)[C@H](CC(=O)OC(C)(C)C)NC(=O)OCc1ccccc1)C1CC1. The van der Waals surface area contributed by atoms with Crippen LogP contribution in [0.5, 0.6) is 0 Å². The number of esters is 2. The van der Waals surface area contributed by atoms with E-state index in [9.17, 15) is 19.2 Å². The number of nitrogens with zero attached hydrogens (tertiary/aromatic N) is 1. The summed E-state index contributed by atoms with van der Waals surface area (Å²) < 4.78 is 15.5. The summed E-state index contributed by atoms with van der Waals surface area (Å²) in [5, 5.41) is 2.47. The standard InChI is InChI=1S/C23H32N2O7/c1-5-30-20(27)14-25(17-11-12-17)21(28)18(13-19(26)32-23(2,3)4)24-22(29)31-15-16-9-7-6-8-10-16/h6-10,17-18H,5,11-15H2,1-4H3,(H,24,29)/t18-/m0/s1. The van der Waals surface area contributed by atoms with E-state index in [-0.39, 0.29) is 32.2 Å². The number of alkyl carbamates (subject to hydrolysis) is 1. The third-order valence-corrected chi connectivity index (χ3v) is 4.47. The molecule has 1 aromatic rings. The normalized spacial score (nSPS) is 14.1. The van der Waals surface area contributed by atoms with Crippen LogP contribution in [0, 0.1) is 0 Å². The second kappa shape index (κ2) is 11.5. The van der Waals surface area contributed by atoms with Gasteiger partial charge in [0.25, 0.3) is 0 Å². The fourth-order valence-electron chi connectivity index (χ4n) is 2.98. The van der Waals surface area contributed by atoms with Gasteiger partial charge in [-0.1, -0.05) is 30.3 Å². The molecule has 1 atom stereocenters. The van der Waals surface area contributed by atoms with Crippen LogP contribution < -0.4 is 5.32 Å². The van der Waals surface area contributed by atoms with E-state index >= 15 is 0 Å². The molecule has 0 unspecified atom stereocenters. The lowest BCUT2D eigenvalue weighted by atomic mass is 10.1. The first-order valence-corrected chi connectivity index (χ1v) is 10.7. The fraction of sp³-hybridized carbons (Fsp3) is 0.565. The van der Waals surface area contributed by atoms with Gasteiger partial charge in [-0.25, -0.2) is 4.79 Å². The maximum Gasteiger partial charge on any atom is 0.408 e. The summed E-state index contributed by atoms with van der Waals surface area (Å²) in [6, 6.07) is 7.70. The molecule has 0 bridgehead atoms. The summed E-state index contributed by atoms with van der Waals surface area (Å²) in [7, 11) is 0. The van der Waals surface area contributed by atoms with Crippen LogP contribution in [0.3, 0.4) is 0 Å². The van der Waals surface area contributed by atoms with Crippen LogP contribution in [-0.4, -0.2) is 59.7 Å². The number of carbonyl (C=O) groups excluding carboxylic acids is 4. The average molecular weight is 449 g/mol. The van der Waals surface area contributed by atoms with Crippen molar-refractivity contribution in [2.45, 2.75) is 71.2 Å². The molecule has 2 amide bonds. The molecule has 0 aliphatic heterocycles. The number of hydrogen-bond donors (Lipinski definition) is 1. The van der Waals surface area contributed by atoms with Gasteiger partial charge < -0.3 is 24.4 Å². The molecule has 176 valence electrons. The van der Waals surface area contributed by atoms with Crippen LogP contribution in [0.1, 0.15) is 52.5 Å². The number of nitrogens with one attached hydrogen (secondary N) is 1. The zero-order chi connectivity index (χ0) is 23.7. The van der Waals surface area contributed by atoms with Crippen LogP contribution in [0.15, 0.2) is 30.3 Å². The van der Waals surface area contributed by atoms with Crippen LogP contribution in [0.4, 0.5) is 4.79 Å². The highest BCUT2D eigenvalue weighted by molar-refractivity contribution is 5.92. The van der Waals surface area contributed by atoms with Gasteiger partial charge in [0.15, 0.2) is 0 Å². The van der Waals surface area contributed by atoms with Crippen molar-refractivity contribution in [2.24, 2.45) is 0 Å². The van der Waals surface area contributed by atoms with Gasteiger partial charge in [0.1, 0.15) is 24.8 Å². The van der Waals surface area contributed by atoms with Gasteiger partial charge in [-0.2, -0.15) is 0 Å². The van der Waals surface area contributed by atoms with Crippen LogP contribution >= 0.6 is 0 Å². The Kier molecular flexibility index (Phi) is 9.04. The molecule has 0 aromatic heterocycles. The number of amides is 2. The van der Waals surface area contributed by atoms with E-state index < -0.39 is 35.6 Å². The Morgan fingerprint density at radius 2 is 1.72 bits per heavy atom. The number of rotatable bonds is 10. The smallest absolute Gasteiger partial charge is 0.408 e. The highest BCUT2D eigenvalue weighted by Crippen LogP contribution is 2.28. The van der Waals surface area contributed by atoms with Crippen LogP contribution in [-0.2, 0) is 35.2 Å². The maximum atomic E-state index is 13.2. The number of hydrogen-bond acceptors (Lipinski definition) is 7. The van der Waals surface area contributed by atoms with E-state index in [2.05, 4.69) is 5.32 Å². The predicted octanol–water partition coefficient (Wildman–Crippen LogP) is 2.57. The summed E-state index contributed by atoms with van der Waals surface area (Å²) in [6.45, 7) is 6.76. The van der Waals surface area contributed by atoms with E-state index in [0.717, 1.165) is 18.4 Å². The monoisotopic (exact) mass is 448 g/mol. The third-order valence-electron chi connectivity index (χ3n) is 4.47. The van der Waals surface area contributed by atoms with Gasteiger partial charge in [0, 0.05) is 6.04 Å². The summed E-state index contributed by atoms with van der Waals surface area (Å²) >= 11 is 0. The largest absolute Gasteiger partial charge is 0.465 e. The summed E-state index contributed by atoms with van der Waals surface area (Å²) in [4.78, 5) is 51.3. The zero-order valence-corrected chi connectivity index (χ0v) is 19.1. The zero-order valence-electron chi connectivity index (χ0n) is 19.1. The molecule has 1 aliphatic carbocycles. The quantitative estimate of drug-likeness (QED) is 0.432. The number of ether oxygens (including phenoxy) is 3. The Morgan fingerprint density at radius 1 is 1.06 bits per heavy atom. The first-order chi connectivity index (χ1) is 15.1. The average Bonchev–Trinajstić information content (AvgIpc) is 3.54. The molecule has 32 heavy (non-hydrogen) atoms. The van der Waals surface area contributed by atoms with Crippen molar-refractivity contribution in [3.05, 3.63) is 35.9 Å². The molecular formula is C23H32N2O7. The second-order valence-corrected chi connectivity index (χ2v) is 8.55. The Morgan fingerprint density at radius 3 is 2.28 bits per heavy atom. The van der Waals surface area contributed by atoms with Crippen LogP contribution in [0.25, 0.3) is 0 Å². The van der Waals surface area contributed by atoms with Gasteiger partial charge in [-0.05, 0) is 46.1 Å². The lowest BCUT2D eigenvalue weighted by Crippen LogP contribution is -2.52. The van der Waals surface area contributed by atoms with E-state index in [4.69, 9.17) is 14.2 Å². The van der Waals surface area contributed by atoms with E-state index in [0.29, 0.717) is 0 Å². The second-order valence-electron chi connectivity index (χ2n) is 8.55. The highest BCUT2D eigenvalue weighted by Gasteiger charge is 2.39. The maximum absolute atomic E-state index is 13.2. The first kappa shape index (κ1) is 25.2. The molecule has 9 nitrogen and oxygen atoms in total. The summed E-state index contributed by atoms with van der Waals surface area (Å²) in [5.41, 5.74) is 0.0270. The number of benzene rings is 1. The van der Waals surface area contributed by atoms with Crippen molar-refractivity contribution >= 4 is 23.9 Å². The Bertz CT molecular complexity index is 800. The topological polar surface area (TPSA) is 111 Å². The lowest BCUT2D eigenvalue weighted by Gasteiger charge is -2.27. The van der Waals surface area contributed by atoms with Crippen molar-refractivity contribution in [3.8, 4) is 0 Å². The van der Waals surface area contributed by atoms with Gasteiger partial charge in [-0.15, -0.1) is 0 Å². The Balaban J connectivity index is 2.09. The third kappa shape index (κ3) is 8.95. The van der Waals surface area contributed by atoms with E-state index in [1.54, 1.807) is 39.8 Å². The van der Waals surface area contributed by atoms with Crippen molar-refractivity contribution in [1.82, 2.24) is 10.2 Å².